The molecule has 0 aliphatic rings. The number of anilines is 1. The molecule has 0 radical (unpaired) electrons. The topological polar surface area (TPSA) is 36.4 Å². The zero-order valence-corrected chi connectivity index (χ0v) is 10.6. The first kappa shape index (κ1) is 12.6. The Labute approximate surface area is 108 Å². The highest BCUT2D eigenvalue weighted by Gasteiger charge is 2.08. The Balaban J connectivity index is 2.18. The molecule has 0 fully saturated rings. The number of hydrogen-bond donors (Lipinski definition) is 1. The van der Waals surface area contributed by atoms with Gasteiger partial charge < -0.3 is 10.0 Å². The minimum absolute atomic E-state index is 0.127. The molecule has 2 rings (SSSR count). The molecule has 1 heterocycles. The maximum atomic E-state index is 9.18. The third kappa shape index (κ3) is 3.31. The molecule has 0 saturated carbocycles. The van der Waals surface area contributed by atoms with Crippen molar-refractivity contribution in [2.24, 2.45) is 0 Å². The lowest BCUT2D eigenvalue weighted by atomic mass is 10.2. The molecule has 3 heteroatoms. The summed E-state index contributed by atoms with van der Waals surface area (Å²) in [6.45, 7) is 3.52. The molecule has 2 aromatic rings. The van der Waals surface area contributed by atoms with Crippen LogP contribution < -0.4 is 4.90 Å². The first-order chi connectivity index (χ1) is 8.79. The molecule has 0 spiro atoms. The molecule has 0 saturated heterocycles. The van der Waals surface area contributed by atoms with Gasteiger partial charge in [0, 0.05) is 19.3 Å². The van der Waals surface area contributed by atoms with Crippen molar-refractivity contribution >= 4 is 5.82 Å². The summed E-state index contributed by atoms with van der Waals surface area (Å²) < 4.78 is 0. The van der Waals surface area contributed by atoms with Crippen LogP contribution >= 0.6 is 0 Å². The number of aryl methyl sites for hydroxylation is 1. The smallest absolute Gasteiger partial charge is 0.129 e. The molecule has 0 bridgehead atoms. The van der Waals surface area contributed by atoms with E-state index in [4.69, 9.17) is 0 Å². The van der Waals surface area contributed by atoms with Gasteiger partial charge in [-0.25, -0.2) is 4.98 Å². The van der Waals surface area contributed by atoms with Crippen LogP contribution in [-0.2, 0) is 6.54 Å². The molecule has 94 valence electrons. The number of aromatic nitrogens is 1. The van der Waals surface area contributed by atoms with E-state index in [0.717, 1.165) is 12.4 Å². The van der Waals surface area contributed by atoms with Crippen LogP contribution in [0.2, 0.25) is 0 Å². The average Bonchev–Trinajstić information content (AvgIpc) is 2.39. The van der Waals surface area contributed by atoms with Gasteiger partial charge in [-0.3, -0.25) is 0 Å². The van der Waals surface area contributed by atoms with E-state index in [1.54, 1.807) is 6.20 Å². The third-order valence-corrected chi connectivity index (χ3v) is 2.81. The van der Waals surface area contributed by atoms with Crippen LogP contribution in [0, 0.1) is 6.92 Å². The van der Waals surface area contributed by atoms with Crippen molar-refractivity contribution in [1.29, 1.82) is 0 Å². The highest BCUT2D eigenvalue weighted by molar-refractivity contribution is 5.41. The lowest BCUT2D eigenvalue weighted by Gasteiger charge is -2.23. The summed E-state index contributed by atoms with van der Waals surface area (Å²) in [6.07, 6.45) is 1.81. The number of aliphatic hydroxyl groups is 1. The highest BCUT2D eigenvalue weighted by Crippen LogP contribution is 2.15. The molecule has 18 heavy (non-hydrogen) atoms. The predicted octanol–water partition coefficient (Wildman–Crippen LogP) is 2.39. The summed E-state index contributed by atoms with van der Waals surface area (Å²) in [6, 6.07) is 14.2. The molecule has 0 aliphatic carbocycles. The molecule has 1 N–H and O–H groups in total. The Morgan fingerprint density at radius 1 is 1.17 bits per heavy atom. The number of rotatable bonds is 5. The van der Waals surface area contributed by atoms with Crippen molar-refractivity contribution in [3.63, 3.8) is 0 Å². The molecule has 1 aromatic carbocycles. The van der Waals surface area contributed by atoms with E-state index in [9.17, 15) is 5.11 Å². The third-order valence-electron chi connectivity index (χ3n) is 2.81. The van der Waals surface area contributed by atoms with E-state index in [-0.39, 0.29) is 6.61 Å². The van der Waals surface area contributed by atoms with Gasteiger partial charge in [0.15, 0.2) is 0 Å². The summed E-state index contributed by atoms with van der Waals surface area (Å²) in [5.41, 5.74) is 2.39. The monoisotopic (exact) mass is 242 g/mol. The van der Waals surface area contributed by atoms with Crippen LogP contribution in [0.15, 0.2) is 48.7 Å². The van der Waals surface area contributed by atoms with Gasteiger partial charge in [0.2, 0.25) is 0 Å². The Hall–Kier alpha value is -1.87. The maximum absolute atomic E-state index is 9.18. The van der Waals surface area contributed by atoms with Crippen LogP contribution in [0.5, 0.6) is 0 Å². The van der Waals surface area contributed by atoms with E-state index in [1.807, 2.05) is 37.3 Å². The first-order valence-corrected chi connectivity index (χ1v) is 6.12. The molecule has 1 aromatic heterocycles. The maximum Gasteiger partial charge on any atom is 0.129 e. The van der Waals surface area contributed by atoms with Crippen molar-refractivity contribution in [2.45, 2.75) is 13.5 Å². The molecule has 0 atom stereocenters. The summed E-state index contributed by atoms with van der Waals surface area (Å²) in [7, 11) is 0. The second kappa shape index (κ2) is 6.17. The van der Waals surface area contributed by atoms with Gasteiger partial charge in [-0.2, -0.15) is 0 Å². The molecule has 3 nitrogen and oxygen atoms in total. The predicted molar refractivity (Wildman–Crippen MR) is 73.6 cm³/mol. The van der Waals surface area contributed by atoms with E-state index >= 15 is 0 Å². The standard InChI is InChI=1S/C15H18N2O/c1-13-7-8-16-15(11-13)17(9-10-18)12-14-5-3-2-4-6-14/h2-8,11,18H,9-10,12H2,1H3. The minimum atomic E-state index is 0.127. The van der Waals surface area contributed by atoms with E-state index < -0.39 is 0 Å². The average molecular weight is 242 g/mol. The number of aliphatic hydroxyl groups excluding tert-OH is 1. The second-order valence-electron chi connectivity index (χ2n) is 4.32. The number of hydrogen-bond acceptors (Lipinski definition) is 3. The Morgan fingerprint density at radius 3 is 2.61 bits per heavy atom. The van der Waals surface area contributed by atoms with Crippen LogP contribution in [0.3, 0.4) is 0 Å². The van der Waals surface area contributed by atoms with Crippen LogP contribution in [0.25, 0.3) is 0 Å². The Morgan fingerprint density at radius 2 is 1.94 bits per heavy atom. The normalized spacial score (nSPS) is 10.3. The Kier molecular flexibility index (Phi) is 4.31. The van der Waals surface area contributed by atoms with Gasteiger partial charge in [-0.1, -0.05) is 30.3 Å². The summed E-state index contributed by atoms with van der Waals surface area (Å²) in [4.78, 5) is 6.46. The van der Waals surface area contributed by atoms with Crippen LogP contribution in [-0.4, -0.2) is 23.2 Å². The van der Waals surface area contributed by atoms with Gasteiger partial charge in [0.25, 0.3) is 0 Å². The molecule has 0 amide bonds. The number of nitrogens with zero attached hydrogens (tertiary/aromatic N) is 2. The molecule has 0 unspecified atom stereocenters. The zero-order chi connectivity index (χ0) is 12.8. The zero-order valence-electron chi connectivity index (χ0n) is 10.6. The number of benzene rings is 1. The van der Waals surface area contributed by atoms with Crippen LogP contribution in [0.1, 0.15) is 11.1 Å². The SMILES string of the molecule is Cc1ccnc(N(CCO)Cc2ccccc2)c1. The lowest BCUT2D eigenvalue weighted by molar-refractivity contribution is 0.301. The lowest BCUT2D eigenvalue weighted by Crippen LogP contribution is -2.26. The van der Waals surface area contributed by atoms with Gasteiger partial charge in [0.05, 0.1) is 6.61 Å². The van der Waals surface area contributed by atoms with Crippen molar-refractivity contribution in [2.75, 3.05) is 18.1 Å². The fourth-order valence-corrected chi connectivity index (χ4v) is 1.89. The van der Waals surface area contributed by atoms with Gasteiger partial charge in [0.1, 0.15) is 5.82 Å². The van der Waals surface area contributed by atoms with E-state index in [0.29, 0.717) is 6.54 Å². The van der Waals surface area contributed by atoms with Crippen molar-refractivity contribution in [3.05, 3.63) is 59.8 Å². The van der Waals surface area contributed by atoms with E-state index in [1.165, 1.54) is 11.1 Å². The van der Waals surface area contributed by atoms with Gasteiger partial charge in [-0.15, -0.1) is 0 Å². The molecule has 0 aliphatic heterocycles. The fourth-order valence-electron chi connectivity index (χ4n) is 1.89. The second-order valence-corrected chi connectivity index (χ2v) is 4.32. The summed E-state index contributed by atoms with van der Waals surface area (Å²) in [5, 5.41) is 9.18. The van der Waals surface area contributed by atoms with E-state index in [2.05, 4.69) is 22.0 Å². The van der Waals surface area contributed by atoms with Crippen molar-refractivity contribution in [1.82, 2.24) is 4.98 Å². The van der Waals surface area contributed by atoms with Gasteiger partial charge in [-0.05, 0) is 30.2 Å². The van der Waals surface area contributed by atoms with Crippen molar-refractivity contribution < 1.29 is 5.11 Å². The molecular formula is C15H18N2O. The summed E-state index contributed by atoms with van der Waals surface area (Å²) in [5.74, 6) is 0.910. The Bertz CT molecular complexity index is 485. The fraction of sp³-hybridized carbons (Fsp3) is 0.267. The largest absolute Gasteiger partial charge is 0.395 e. The molecular weight excluding hydrogens is 224 g/mol. The van der Waals surface area contributed by atoms with Crippen LogP contribution in [0.4, 0.5) is 5.82 Å². The highest BCUT2D eigenvalue weighted by atomic mass is 16.3. The van der Waals surface area contributed by atoms with Crippen molar-refractivity contribution in [3.8, 4) is 0 Å². The minimum Gasteiger partial charge on any atom is -0.395 e. The van der Waals surface area contributed by atoms with Gasteiger partial charge >= 0.3 is 0 Å². The summed E-state index contributed by atoms with van der Waals surface area (Å²) >= 11 is 0. The quantitative estimate of drug-likeness (QED) is 0.874. The first-order valence-electron chi connectivity index (χ1n) is 6.12. The number of pyridine rings is 1.